The van der Waals surface area contributed by atoms with E-state index in [0.29, 0.717) is 37.4 Å². The van der Waals surface area contributed by atoms with Crippen LogP contribution < -0.4 is 16.4 Å². The molecule has 0 saturated heterocycles. The van der Waals surface area contributed by atoms with Crippen LogP contribution in [0.5, 0.6) is 0 Å². The van der Waals surface area contributed by atoms with E-state index in [0.717, 1.165) is 24.4 Å². The quantitative estimate of drug-likeness (QED) is 0.0540. The highest BCUT2D eigenvalue weighted by Gasteiger charge is 2.38. The highest BCUT2D eigenvalue weighted by molar-refractivity contribution is 6.05. The number of pyridine rings is 4. The number of nitrogens with one attached hydrogen (secondary N) is 2. The molecule has 6 aromatic heterocycles. The third-order valence-electron chi connectivity index (χ3n) is 8.83. The minimum absolute atomic E-state index is 0.0424. The number of hydrogen-bond donors (Lipinski definition) is 3. The summed E-state index contributed by atoms with van der Waals surface area (Å²) in [5.41, 5.74) is 5.76. The molecule has 0 atom stereocenters. The van der Waals surface area contributed by atoms with Gasteiger partial charge in [0.05, 0.1) is 40.1 Å². The van der Waals surface area contributed by atoms with Gasteiger partial charge in [0.1, 0.15) is 0 Å². The van der Waals surface area contributed by atoms with Gasteiger partial charge < -0.3 is 16.4 Å². The third kappa shape index (κ3) is 10.2. The van der Waals surface area contributed by atoms with Crippen LogP contribution in [0.25, 0.3) is 34.2 Å². The number of alkyl halides is 6. The molecular formula is C42H28F6N12O4. The molecule has 22 heteroatoms. The summed E-state index contributed by atoms with van der Waals surface area (Å²) in [4.78, 5) is 50.7. The van der Waals surface area contributed by atoms with Crippen molar-refractivity contribution in [3.05, 3.63) is 179 Å². The van der Waals surface area contributed by atoms with Crippen LogP contribution >= 0.6 is 0 Å². The number of benzene rings is 2. The second-order valence-corrected chi connectivity index (χ2v) is 13.3. The summed E-state index contributed by atoms with van der Waals surface area (Å²) in [6, 6.07) is 25.1. The average Bonchev–Trinajstić information content (AvgIpc) is 3.95. The maximum atomic E-state index is 13.6. The van der Waals surface area contributed by atoms with Crippen LogP contribution in [-0.4, -0.2) is 56.2 Å². The Morgan fingerprint density at radius 3 is 1.45 bits per heavy atom. The van der Waals surface area contributed by atoms with Crippen molar-refractivity contribution in [2.24, 2.45) is 0 Å². The number of nitrogens with zero attached hydrogens (tertiary/aromatic N) is 9. The Morgan fingerprint density at radius 2 is 1.06 bits per heavy atom. The molecule has 0 saturated carbocycles. The molecule has 6 heterocycles. The smallest absolute Gasteiger partial charge is 0.399 e. The number of anilines is 3. The molecule has 0 unspecified atom stereocenters. The predicted octanol–water partition coefficient (Wildman–Crippen LogP) is 8.69. The number of halogens is 6. The van der Waals surface area contributed by atoms with Crippen LogP contribution in [0.15, 0.2) is 146 Å². The molecule has 0 radical (unpaired) electrons. The van der Waals surface area contributed by atoms with Gasteiger partial charge in [0.25, 0.3) is 17.5 Å². The number of amides is 2. The Balaban J connectivity index is 0.000000192. The van der Waals surface area contributed by atoms with Gasteiger partial charge in [-0.05, 0) is 84.9 Å². The lowest BCUT2D eigenvalue weighted by atomic mass is 10.2. The molecule has 8 rings (SSSR count). The number of aromatic nitrogens is 8. The Labute approximate surface area is 356 Å². The number of carbonyl (C=O) groups excluding carboxylic acids is 2. The first-order chi connectivity index (χ1) is 30.5. The maximum Gasteiger partial charge on any atom is 0.433 e. The van der Waals surface area contributed by atoms with E-state index in [4.69, 9.17) is 5.73 Å². The standard InChI is InChI=1S/C21H13F3N6O3.C21H15F3N6O/c22-21(23,24)18-10-17(14-4-2-8-25-11-14)28-29(18)19-7-6-15(12-26-19)27-20(31)13-3-1-5-16(9-13)30(32)33;22-21(23,24)18-10-17(14-4-2-8-26-11-14)29-30(18)19-7-6-16(12-27-19)28-20(31)13-3-1-5-15(25)9-13/h1-12H,(H,27,31);1-12H,25H2,(H,28,31). The summed E-state index contributed by atoms with van der Waals surface area (Å²) in [6.45, 7) is 0. The first kappa shape index (κ1) is 43.3. The number of nitrogen functional groups attached to an aromatic ring is 1. The molecular weight excluding hydrogens is 851 g/mol. The van der Waals surface area contributed by atoms with Crippen molar-refractivity contribution in [2.75, 3.05) is 16.4 Å². The van der Waals surface area contributed by atoms with Crippen molar-refractivity contribution in [1.82, 2.24) is 39.5 Å². The van der Waals surface area contributed by atoms with E-state index in [1.165, 1.54) is 79.5 Å². The Kier molecular flexibility index (Phi) is 12.2. The molecule has 322 valence electrons. The van der Waals surface area contributed by atoms with Crippen molar-refractivity contribution in [3.8, 4) is 34.2 Å². The first-order valence-electron chi connectivity index (χ1n) is 18.3. The van der Waals surface area contributed by atoms with E-state index < -0.39 is 40.5 Å². The first-order valence-corrected chi connectivity index (χ1v) is 18.3. The summed E-state index contributed by atoms with van der Waals surface area (Å²) in [5.74, 6) is -1.23. The zero-order valence-electron chi connectivity index (χ0n) is 32.4. The molecule has 0 aliphatic rings. The van der Waals surface area contributed by atoms with E-state index in [2.05, 4.69) is 40.8 Å². The minimum Gasteiger partial charge on any atom is -0.399 e. The highest BCUT2D eigenvalue weighted by Crippen LogP contribution is 2.35. The normalized spacial score (nSPS) is 11.3. The van der Waals surface area contributed by atoms with Gasteiger partial charge in [-0.15, -0.1) is 0 Å². The molecule has 0 spiro atoms. The average molecular weight is 879 g/mol. The summed E-state index contributed by atoms with van der Waals surface area (Å²) in [5, 5.41) is 24.1. The highest BCUT2D eigenvalue weighted by atomic mass is 19.4. The largest absolute Gasteiger partial charge is 0.433 e. The topological polar surface area (TPSA) is 215 Å². The second-order valence-electron chi connectivity index (χ2n) is 13.3. The zero-order chi connectivity index (χ0) is 45.6. The number of non-ortho nitro benzene ring substituents is 1. The van der Waals surface area contributed by atoms with Crippen LogP contribution in [0.4, 0.5) is 49.1 Å². The SMILES string of the molecule is Nc1cccc(C(=O)Nc2ccc(-n3nc(-c4cccnc4)cc3C(F)(F)F)nc2)c1.O=C(Nc1ccc(-n2nc(-c3cccnc3)cc2C(F)(F)F)nc1)c1cccc([N+](=O)[O-])c1. The molecule has 0 bridgehead atoms. The molecule has 0 aliphatic heterocycles. The minimum atomic E-state index is -4.69. The van der Waals surface area contributed by atoms with Crippen LogP contribution in [0.1, 0.15) is 32.1 Å². The van der Waals surface area contributed by atoms with Crippen molar-refractivity contribution >= 4 is 34.6 Å². The van der Waals surface area contributed by atoms with Crippen LogP contribution in [0.3, 0.4) is 0 Å². The van der Waals surface area contributed by atoms with E-state index in [1.807, 2.05) is 0 Å². The number of nitrogens with two attached hydrogens (primary N) is 1. The van der Waals surface area contributed by atoms with E-state index in [1.54, 1.807) is 42.5 Å². The molecule has 16 nitrogen and oxygen atoms in total. The summed E-state index contributed by atoms with van der Waals surface area (Å²) in [7, 11) is 0. The van der Waals surface area contributed by atoms with Gasteiger partial charge in [-0.25, -0.2) is 19.3 Å². The van der Waals surface area contributed by atoms with Crippen molar-refractivity contribution in [1.29, 1.82) is 0 Å². The lowest BCUT2D eigenvalue weighted by Crippen LogP contribution is -2.15. The van der Waals surface area contributed by atoms with Gasteiger partial charge in [0.15, 0.2) is 23.0 Å². The third-order valence-corrected chi connectivity index (χ3v) is 8.83. The monoisotopic (exact) mass is 878 g/mol. The molecule has 0 aliphatic carbocycles. The van der Waals surface area contributed by atoms with Gasteiger partial charge in [-0.1, -0.05) is 12.1 Å². The molecule has 0 fully saturated rings. The summed E-state index contributed by atoms with van der Waals surface area (Å²) in [6.07, 6.45) is -1.08. The van der Waals surface area contributed by atoms with Gasteiger partial charge >= 0.3 is 12.4 Å². The maximum absolute atomic E-state index is 13.6. The molecule has 8 aromatic rings. The fraction of sp³-hybridized carbons (Fsp3) is 0.0476. The fourth-order valence-corrected chi connectivity index (χ4v) is 5.84. The second kappa shape index (κ2) is 18.0. The van der Waals surface area contributed by atoms with Crippen LogP contribution in [0, 0.1) is 10.1 Å². The van der Waals surface area contributed by atoms with Crippen molar-refractivity contribution in [3.63, 3.8) is 0 Å². The van der Waals surface area contributed by atoms with Gasteiger partial charge in [-0.2, -0.15) is 36.5 Å². The number of nitro groups is 1. The van der Waals surface area contributed by atoms with Gasteiger partial charge in [-0.3, -0.25) is 29.7 Å². The predicted molar refractivity (Wildman–Crippen MR) is 219 cm³/mol. The lowest BCUT2D eigenvalue weighted by Gasteiger charge is -2.10. The Hall–Kier alpha value is -8.82. The van der Waals surface area contributed by atoms with Gasteiger partial charge in [0, 0.05) is 64.9 Å². The van der Waals surface area contributed by atoms with Crippen LogP contribution in [0.2, 0.25) is 0 Å². The molecule has 2 amide bonds. The summed E-state index contributed by atoms with van der Waals surface area (Å²) < 4.78 is 82.8. The van der Waals surface area contributed by atoms with E-state index in [-0.39, 0.29) is 40.0 Å². The molecule has 4 N–H and O–H groups in total. The van der Waals surface area contributed by atoms with Crippen molar-refractivity contribution < 1.29 is 40.9 Å². The summed E-state index contributed by atoms with van der Waals surface area (Å²) >= 11 is 0. The zero-order valence-corrected chi connectivity index (χ0v) is 32.4. The number of nitro benzene ring substituents is 1. The fourth-order valence-electron chi connectivity index (χ4n) is 5.84. The van der Waals surface area contributed by atoms with E-state index in [9.17, 15) is 46.0 Å². The van der Waals surface area contributed by atoms with Gasteiger partial charge in [0.2, 0.25) is 0 Å². The Morgan fingerprint density at radius 1 is 0.594 bits per heavy atom. The number of rotatable bonds is 9. The number of carbonyl (C=O) groups is 2. The number of hydrogen-bond acceptors (Lipinski definition) is 11. The van der Waals surface area contributed by atoms with E-state index >= 15 is 0 Å². The van der Waals surface area contributed by atoms with Crippen molar-refractivity contribution in [2.45, 2.75) is 12.4 Å². The Bertz CT molecular complexity index is 2940. The lowest BCUT2D eigenvalue weighted by molar-refractivity contribution is -0.384. The molecule has 64 heavy (non-hydrogen) atoms. The van der Waals surface area contributed by atoms with Crippen LogP contribution in [-0.2, 0) is 12.4 Å². The molecule has 2 aromatic carbocycles.